The average molecular weight is 550 g/mol. The minimum Gasteiger partial charge on any atom is -0.300 e. The van der Waals surface area contributed by atoms with E-state index in [-0.39, 0.29) is 0 Å². The summed E-state index contributed by atoms with van der Waals surface area (Å²) in [6, 6.07) is 21.0. The molecule has 0 aliphatic heterocycles. The van der Waals surface area contributed by atoms with Crippen LogP contribution in [0.15, 0.2) is 88.4 Å². The zero-order valence-corrected chi connectivity index (χ0v) is 25.4. The lowest BCUT2D eigenvalue weighted by Crippen LogP contribution is -1.99. The third kappa shape index (κ3) is 12.8. The molecule has 2 aliphatic rings. The van der Waals surface area contributed by atoms with Gasteiger partial charge in [0.25, 0.3) is 0 Å². The van der Waals surface area contributed by atoms with Crippen LogP contribution in [0.25, 0.3) is 11.6 Å². The van der Waals surface area contributed by atoms with Gasteiger partial charge in [-0.05, 0) is 47.4 Å². The van der Waals surface area contributed by atoms with E-state index in [1.165, 1.54) is 113 Å². The number of allylic oxidation sites excluding steroid dienone is 5. The van der Waals surface area contributed by atoms with Gasteiger partial charge in [0.2, 0.25) is 0 Å². The molecule has 0 bridgehead atoms. The summed E-state index contributed by atoms with van der Waals surface area (Å²) in [5.74, 6) is 0. The Kier molecular flexibility index (Phi) is 16.2. The van der Waals surface area contributed by atoms with Crippen molar-refractivity contribution in [1.29, 1.82) is 5.41 Å². The van der Waals surface area contributed by atoms with Crippen molar-refractivity contribution in [3.05, 3.63) is 89.5 Å². The molecular weight excluding hydrogens is 498 g/mol. The number of unbranched alkanes of at least 4 members (excludes halogenated alkanes) is 15. The van der Waals surface area contributed by atoms with Crippen molar-refractivity contribution in [3.63, 3.8) is 0 Å². The Morgan fingerprint density at radius 2 is 1.20 bits per heavy atom. The van der Waals surface area contributed by atoms with Gasteiger partial charge < -0.3 is 5.41 Å². The predicted octanol–water partition coefficient (Wildman–Crippen LogP) is 11.8. The maximum Gasteiger partial charge on any atom is 0.0948 e. The smallest absolute Gasteiger partial charge is 0.0948 e. The SMILES string of the molecule is CCCCCCCCCCCCCCCCCCN=C=Nc1ccccc1.N=C1C=CC=C2C1=Cc1ccccc12. The van der Waals surface area contributed by atoms with Crippen molar-refractivity contribution in [2.45, 2.75) is 110 Å². The molecule has 0 atom stereocenters. The summed E-state index contributed by atoms with van der Waals surface area (Å²) in [7, 11) is 0. The molecule has 0 amide bonds. The maximum absolute atomic E-state index is 7.80. The molecule has 0 saturated heterocycles. The lowest BCUT2D eigenvalue weighted by atomic mass is 9.96. The van der Waals surface area contributed by atoms with Crippen LogP contribution in [0.3, 0.4) is 0 Å². The van der Waals surface area contributed by atoms with Crippen molar-refractivity contribution in [1.82, 2.24) is 0 Å². The van der Waals surface area contributed by atoms with E-state index in [2.05, 4.69) is 47.2 Å². The third-order valence-corrected chi connectivity index (χ3v) is 7.79. The number of nitrogens with zero attached hydrogens (tertiary/aromatic N) is 2. The molecule has 0 aromatic heterocycles. The third-order valence-electron chi connectivity index (χ3n) is 7.79. The first kappa shape index (κ1) is 32.2. The van der Waals surface area contributed by atoms with Gasteiger partial charge in [0.15, 0.2) is 0 Å². The molecular formula is C38H51N3. The Balaban J connectivity index is 0.000000271. The fourth-order valence-electron chi connectivity index (χ4n) is 5.36. The Bertz CT molecular complexity index is 1180. The van der Waals surface area contributed by atoms with Crippen LogP contribution in [0, 0.1) is 5.41 Å². The fraction of sp³-hybridized carbons (Fsp3) is 0.474. The van der Waals surface area contributed by atoms with Crippen molar-refractivity contribution in [2.75, 3.05) is 6.54 Å². The second kappa shape index (κ2) is 20.6. The lowest BCUT2D eigenvalue weighted by Gasteiger charge is -2.08. The van der Waals surface area contributed by atoms with E-state index in [1.807, 2.05) is 54.6 Å². The van der Waals surface area contributed by atoms with Gasteiger partial charge in [-0.1, -0.05) is 158 Å². The van der Waals surface area contributed by atoms with Gasteiger partial charge in [-0.3, -0.25) is 0 Å². The molecule has 2 aromatic carbocycles. The molecule has 1 N–H and O–H groups in total. The van der Waals surface area contributed by atoms with E-state index in [0.29, 0.717) is 5.71 Å². The molecule has 0 unspecified atom stereocenters. The Labute approximate surface area is 249 Å². The molecule has 41 heavy (non-hydrogen) atoms. The highest BCUT2D eigenvalue weighted by atomic mass is 14.8. The van der Waals surface area contributed by atoms with E-state index in [1.54, 1.807) is 0 Å². The zero-order valence-electron chi connectivity index (χ0n) is 25.4. The van der Waals surface area contributed by atoms with Crippen molar-refractivity contribution < 1.29 is 0 Å². The summed E-state index contributed by atoms with van der Waals surface area (Å²) in [6.45, 7) is 3.15. The van der Waals surface area contributed by atoms with Crippen LogP contribution in [0.4, 0.5) is 5.69 Å². The quantitative estimate of drug-likeness (QED) is 0.142. The van der Waals surface area contributed by atoms with Crippen LogP contribution in [0.5, 0.6) is 0 Å². The highest BCUT2D eigenvalue weighted by Crippen LogP contribution is 2.37. The summed E-state index contributed by atoms with van der Waals surface area (Å²) in [6.07, 6.45) is 30.4. The van der Waals surface area contributed by atoms with Crippen LogP contribution in [-0.2, 0) is 0 Å². The number of fused-ring (bicyclic) bond motifs is 3. The molecule has 0 heterocycles. The molecule has 4 rings (SSSR count). The van der Waals surface area contributed by atoms with Crippen molar-refractivity contribution in [2.24, 2.45) is 9.98 Å². The summed E-state index contributed by atoms with van der Waals surface area (Å²) in [5, 5.41) is 7.80. The molecule has 3 nitrogen and oxygen atoms in total. The van der Waals surface area contributed by atoms with Gasteiger partial charge in [-0.2, -0.15) is 4.99 Å². The van der Waals surface area contributed by atoms with E-state index >= 15 is 0 Å². The number of hydrogen-bond acceptors (Lipinski definition) is 3. The summed E-state index contributed by atoms with van der Waals surface area (Å²) in [5.41, 5.74) is 6.24. The van der Waals surface area contributed by atoms with Gasteiger partial charge in [-0.15, -0.1) is 0 Å². The molecule has 3 heteroatoms. The van der Waals surface area contributed by atoms with Crippen LogP contribution in [0.2, 0.25) is 0 Å². The number of rotatable bonds is 18. The topological polar surface area (TPSA) is 48.6 Å². The number of para-hydroxylation sites is 1. The summed E-state index contributed by atoms with van der Waals surface area (Å²) >= 11 is 0. The number of aliphatic imine (C=N–C) groups is 2. The first-order valence-corrected chi connectivity index (χ1v) is 16.3. The Hall–Kier alpha value is -3.29. The molecule has 0 fully saturated rings. The average Bonchev–Trinajstić information content (AvgIpc) is 3.39. The molecule has 2 aromatic rings. The molecule has 2 aliphatic carbocycles. The second-order valence-corrected chi connectivity index (χ2v) is 11.2. The van der Waals surface area contributed by atoms with Gasteiger partial charge in [0.05, 0.1) is 17.4 Å². The lowest BCUT2D eigenvalue weighted by molar-refractivity contribution is 0.530. The minimum atomic E-state index is 0.610. The van der Waals surface area contributed by atoms with E-state index in [0.717, 1.165) is 24.2 Å². The number of nitrogens with one attached hydrogen (secondary N) is 1. The van der Waals surface area contributed by atoms with Crippen LogP contribution in [-0.4, -0.2) is 18.3 Å². The Morgan fingerprint density at radius 3 is 1.83 bits per heavy atom. The molecule has 0 radical (unpaired) electrons. The normalized spacial score (nSPS) is 12.9. The van der Waals surface area contributed by atoms with Crippen molar-refractivity contribution in [3.8, 4) is 0 Å². The maximum atomic E-state index is 7.80. The van der Waals surface area contributed by atoms with Gasteiger partial charge in [0.1, 0.15) is 0 Å². The van der Waals surface area contributed by atoms with Gasteiger partial charge in [-0.25, -0.2) is 4.99 Å². The summed E-state index contributed by atoms with van der Waals surface area (Å²) < 4.78 is 0. The summed E-state index contributed by atoms with van der Waals surface area (Å²) in [4.78, 5) is 8.45. The van der Waals surface area contributed by atoms with E-state index in [4.69, 9.17) is 5.41 Å². The zero-order chi connectivity index (χ0) is 28.8. The highest BCUT2D eigenvalue weighted by molar-refractivity contribution is 6.24. The minimum absolute atomic E-state index is 0.610. The molecule has 0 spiro atoms. The number of hydrogen-bond donors (Lipinski definition) is 1. The first-order valence-electron chi connectivity index (χ1n) is 16.3. The van der Waals surface area contributed by atoms with Crippen LogP contribution >= 0.6 is 0 Å². The van der Waals surface area contributed by atoms with E-state index < -0.39 is 0 Å². The van der Waals surface area contributed by atoms with Crippen LogP contribution in [0.1, 0.15) is 121 Å². The largest absolute Gasteiger partial charge is 0.300 e. The van der Waals surface area contributed by atoms with Crippen LogP contribution < -0.4 is 0 Å². The van der Waals surface area contributed by atoms with Gasteiger partial charge in [0, 0.05) is 12.1 Å². The predicted molar refractivity (Wildman–Crippen MR) is 180 cm³/mol. The van der Waals surface area contributed by atoms with Crippen molar-refractivity contribution >= 4 is 29.1 Å². The van der Waals surface area contributed by atoms with E-state index in [9.17, 15) is 0 Å². The monoisotopic (exact) mass is 549 g/mol. The number of benzene rings is 2. The second-order valence-electron chi connectivity index (χ2n) is 11.2. The highest BCUT2D eigenvalue weighted by Gasteiger charge is 2.21. The standard InChI is InChI=1S/C25H42N2.C13H9N/c1-2-3-4-5-6-7-8-9-10-11-12-13-14-15-16-20-23-26-24-27-25-21-18-17-19-22-25;14-13-7-3-6-11-10-5-2-1-4-9(10)8-12(11)13/h17-19,21-22H,2-16,20,23H2,1H3;1-8,14H. The Morgan fingerprint density at radius 1 is 0.634 bits per heavy atom. The molecule has 0 saturated carbocycles. The molecule has 218 valence electrons. The first-order chi connectivity index (χ1) is 20.3. The fourth-order valence-corrected chi connectivity index (χ4v) is 5.36. The van der Waals surface area contributed by atoms with Gasteiger partial charge >= 0.3 is 0 Å².